The molecular formula is C31H36N8O2. The molecule has 1 saturated carbocycles. The van der Waals surface area contributed by atoms with Crippen LogP contribution < -0.4 is 10.2 Å². The lowest BCUT2D eigenvalue weighted by atomic mass is 9.61. The van der Waals surface area contributed by atoms with Crippen LogP contribution in [0.5, 0.6) is 11.6 Å². The highest BCUT2D eigenvalue weighted by atomic mass is 16.3. The minimum Gasteiger partial charge on any atom is -0.507 e. The molecule has 4 N–H and O–H groups in total. The van der Waals surface area contributed by atoms with Crippen molar-refractivity contribution in [3.63, 3.8) is 0 Å². The molecular weight excluding hydrogens is 516 g/mol. The van der Waals surface area contributed by atoms with E-state index in [4.69, 9.17) is 4.98 Å². The van der Waals surface area contributed by atoms with Gasteiger partial charge < -0.3 is 30.3 Å². The highest BCUT2D eigenvalue weighted by molar-refractivity contribution is 5.86. The monoisotopic (exact) mass is 552 g/mol. The number of para-hydroxylation sites is 1. The Morgan fingerprint density at radius 3 is 2.56 bits per heavy atom. The van der Waals surface area contributed by atoms with E-state index in [0.717, 1.165) is 72.8 Å². The van der Waals surface area contributed by atoms with Gasteiger partial charge in [-0.15, -0.1) is 10.2 Å². The van der Waals surface area contributed by atoms with Gasteiger partial charge in [0.25, 0.3) is 0 Å². The van der Waals surface area contributed by atoms with Crippen molar-refractivity contribution < 1.29 is 10.2 Å². The van der Waals surface area contributed by atoms with Gasteiger partial charge in [-0.3, -0.25) is 0 Å². The van der Waals surface area contributed by atoms with E-state index in [2.05, 4.69) is 42.2 Å². The van der Waals surface area contributed by atoms with Gasteiger partial charge in [0.05, 0.1) is 11.7 Å². The summed E-state index contributed by atoms with van der Waals surface area (Å²) >= 11 is 0. The SMILES string of the molecule is CC1c2c([nH]c3nnc(-c4ccccc4O)cc23)CCN1c1ncc(C2CCN(C3CC4(CNC4)C3)CC2)c(O)n1. The van der Waals surface area contributed by atoms with E-state index in [1.165, 1.54) is 25.9 Å². The third kappa shape index (κ3) is 4.06. The summed E-state index contributed by atoms with van der Waals surface area (Å²) < 4.78 is 0. The number of aromatic nitrogens is 5. The van der Waals surface area contributed by atoms with Crippen LogP contribution in [0.15, 0.2) is 36.5 Å². The molecule has 1 aliphatic carbocycles. The summed E-state index contributed by atoms with van der Waals surface area (Å²) in [5.41, 5.74) is 5.75. The standard InChI is InChI=1S/C31H36N8O2/c1-18-27-22-12-25(21-4-2-3-5-26(21)40)36-37-28(22)34-24(27)8-11-39(18)30-33-15-23(29(41)35-30)19-6-9-38(10-7-19)20-13-31(14-20)16-32-17-31/h2-5,12,15,18-20,32,40H,6-11,13-14,16-17H2,1H3,(H,34,37)(H,33,35,41). The second-order valence-electron chi connectivity index (χ2n) is 12.6. The van der Waals surface area contributed by atoms with Gasteiger partial charge in [0.2, 0.25) is 11.8 Å². The van der Waals surface area contributed by atoms with Crippen LogP contribution in [-0.4, -0.2) is 79.0 Å². The molecule has 6 heterocycles. The number of hydrogen-bond donors (Lipinski definition) is 4. The molecule has 0 bridgehead atoms. The van der Waals surface area contributed by atoms with Gasteiger partial charge in [0.1, 0.15) is 5.75 Å². The Bertz CT molecular complexity index is 1620. The first-order valence-electron chi connectivity index (χ1n) is 14.9. The average Bonchev–Trinajstić information content (AvgIpc) is 3.31. The van der Waals surface area contributed by atoms with E-state index in [-0.39, 0.29) is 17.7 Å². The third-order valence-electron chi connectivity index (χ3n) is 10.2. The summed E-state index contributed by atoms with van der Waals surface area (Å²) in [7, 11) is 0. The third-order valence-corrected chi connectivity index (χ3v) is 10.2. The fourth-order valence-corrected chi connectivity index (χ4v) is 7.75. The van der Waals surface area contributed by atoms with Crippen LogP contribution in [0.25, 0.3) is 22.3 Å². The zero-order valence-electron chi connectivity index (χ0n) is 23.3. The van der Waals surface area contributed by atoms with Crippen LogP contribution in [0.3, 0.4) is 0 Å². The van der Waals surface area contributed by atoms with Crippen molar-refractivity contribution in [1.82, 2.24) is 35.4 Å². The van der Waals surface area contributed by atoms with Gasteiger partial charge in [-0.05, 0) is 75.2 Å². The van der Waals surface area contributed by atoms with Crippen LogP contribution in [0.4, 0.5) is 5.95 Å². The van der Waals surface area contributed by atoms with Crippen molar-refractivity contribution in [1.29, 1.82) is 0 Å². The number of phenolic OH excluding ortho intramolecular Hbond substituents is 1. The van der Waals surface area contributed by atoms with E-state index in [9.17, 15) is 10.2 Å². The highest BCUT2D eigenvalue weighted by Crippen LogP contribution is 2.48. The summed E-state index contributed by atoms with van der Waals surface area (Å²) in [6.45, 7) is 7.43. The number of fused-ring (bicyclic) bond motifs is 3. The van der Waals surface area contributed by atoms with E-state index >= 15 is 0 Å². The van der Waals surface area contributed by atoms with Crippen LogP contribution in [0.2, 0.25) is 0 Å². The highest BCUT2D eigenvalue weighted by Gasteiger charge is 2.50. The topological polar surface area (TPSA) is 126 Å². The number of piperidine rings is 1. The van der Waals surface area contributed by atoms with Crippen LogP contribution in [0, 0.1) is 5.41 Å². The maximum Gasteiger partial charge on any atom is 0.229 e. The zero-order chi connectivity index (χ0) is 27.7. The summed E-state index contributed by atoms with van der Waals surface area (Å²) in [5.74, 6) is 1.14. The largest absolute Gasteiger partial charge is 0.507 e. The maximum absolute atomic E-state index is 11.1. The Morgan fingerprint density at radius 1 is 1.02 bits per heavy atom. The molecule has 3 aromatic heterocycles. The second kappa shape index (κ2) is 9.39. The van der Waals surface area contributed by atoms with Crippen molar-refractivity contribution in [2.75, 3.05) is 37.6 Å². The number of aromatic hydroxyl groups is 2. The summed E-state index contributed by atoms with van der Waals surface area (Å²) in [5, 5.41) is 34.7. The maximum atomic E-state index is 11.1. The molecule has 8 rings (SSSR count). The molecule has 3 aliphatic heterocycles. The van der Waals surface area contributed by atoms with Gasteiger partial charge in [0, 0.05) is 66.1 Å². The van der Waals surface area contributed by atoms with E-state index in [1.54, 1.807) is 12.1 Å². The van der Waals surface area contributed by atoms with Crippen molar-refractivity contribution >= 4 is 17.0 Å². The summed E-state index contributed by atoms with van der Waals surface area (Å²) in [4.78, 5) is 17.7. The van der Waals surface area contributed by atoms with Gasteiger partial charge in [-0.1, -0.05) is 12.1 Å². The number of aromatic amines is 1. The van der Waals surface area contributed by atoms with Crippen molar-refractivity contribution in [3.8, 4) is 22.9 Å². The number of likely N-dealkylation sites (tertiary alicyclic amines) is 1. The second-order valence-corrected chi connectivity index (χ2v) is 12.6. The molecule has 1 atom stereocenters. The number of phenols is 1. The number of benzene rings is 1. The Kier molecular flexibility index (Phi) is 5.72. The number of H-pyrrole nitrogens is 1. The minimum absolute atomic E-state index is 0.0287. The quantitative estimate of drug-likeness (QED) is 0.298. The normalized spacial score (nSPS) is 23.0. The molecule has 4 aliphatic rings. The first kappa shape index (κ1) is 25.0. The Morgan fingerprint density at radius 2 is 1.83 bits per heavy atom. The van der Waals surface area contributed by atoms with E-state index in [0.29, 0.717) is 28.5 Å². The molecule has 41 heavy (non-hydrogen) atoms. The van der Waals surface area contributed by atoms with Crippen molar-refractivity contribution in [2.45, 2.75) is 57.0 Å². The summed E-state index contributed by atoms with van der Waals surface area (Å²) in [6.07, 6.45) is 7.39. The molecule has 10 heteroatoms. The van der Waals surface area contributed by atoms with E-state index < -0.39 is 0 Å². The number of hydrogen-bond acceptors (Lipinski definition) is 9. The summed E-state index contributed by atoms with van der Waals surface area (Å²) in [6, 6.07) is 9.88. The smallest absolute Gasteiger partial charge is 0.229 e. The lowest BCUT2D eigenvalue weighted by molar-refractivity contribution is -0.0433. The lowest BCUT2D eigenvalue weighted by Gasteiger charge is -2.58. The van der Waals surface area contributed by atoms with E-state index in [1.807, 2.05) is 24.4 Å². The molecule has 1 aromatic carbocycles. The number of rotatable bonds is 4. The first-order valence-corrected chi connectivity index (χ1v) is 14.9. The van der Waals surface area contributed by atoms with Crippen molar-refractivity contribution in [3.05, 3.63) is 53.3 Å². The molecule has 2 saturated heterocycles. The number of anilines is 1. The molecule has 212 valence electrons. The minimum atomic E-state index is -0.0287. The fraction of sp³-hybridized carbons (Fsp3) is 0.484. The van der Waals surface area contributed by atoms with Gasteiger partial charge >= 0.3 is 0 Å². The predicted molar refractivity (Wildman–Crippen MR) is 156 cm³/mol. The Labute approximate surface area is 238 Å². The number of nitrogens with one attached hydrogen (secondary N) is 2. The fourth-order valence-electron chi connectivity index (χ4n) is 7.75. The molecule has 0 radical (unpaired) electrons. The molecule has 0 amide bonds. The van der Waals surface area contributed by atoms with Crippen molar-refractivity contribution in [2.24, 2.45) is 5.41 Å². The zero-order valence-corrected chi connectivity index (χ0v) is 23.3. The predicted octanol–water partition coefficient (Wildman–Crippen LogP) is 3.88. The van der Waals surface area contributed by atoms with Gasteiger partial charge in [0.15, 0.2) is 5.65 Å². The van der Waals surface area contributed by atoms with Crippen LogP contribution >= 0.6 is 0 Å². The lowest BCUT2D eigenvalue weighted by Crippen LogP contribution is -2.65. The Balaban J connectivity index is 1.00. The van der Waals surface area contributed by atoms with Gasteiger partial charge in [-0.2, -0.15) is 4.98 Å². The molecule has 1 unspecified atom stereocenters. The average molecular weight is 553 g/mol. The van der Waals surface area contributed by atoms with Crippen LogP contribution in [0.1, 0.15) is 61.4 Å². The molecule has 4 aromatic rings. The number of nitrogens with zero attached hydrogens (tertiary/aromatic N) is 6. The first-order chi connectivity index (χ1) is 20.0. The molecule has 1 spiro atoms. The van der Waals surface area contributed by atoms with Gasteiger partial charge in [-0.25, -0.2) is 4.98 Å². The Hall–Kier alpha value is -3.76. The molecule has 3 fully saturated rings. The molecule has 10 nitrogen and oxygen atoms in total. The van der Waals surface area contributed by atoms with Crippen LogP contribution in [-0.2, 0) is 6.42 Å².